The van der Waals surface area contributed by atoms with E-state index in [1.807, 2.05) is 13.0 Å². The number of halogens is 1. The van der Waals surface area contributed by atoms with Crippen LogP contribution in [0.3, 0.4) is 0 Å². The highest BCUT2D eigenvalue weighted by molar-refractivity contribution is 6.29. The minimum absolute atomic E-state index is 0.486. The molecule has 0 unspecified atom stereocenters. The summed E-state index contributed by atoms with van der Waals surface area (Å²) in [5.41, 5.74) is 0.873. The first kappa shape index (κ1) is 9.92. The van der Waals surface area contributed by atoms with Gasteiger partial charge in [0.05, 0.1) is 6.54 Å². The van der Waals surface area contributed by atoms with Crippen LogP contribution in [-0.2, 0) is 0 Å². The standard InChI is InChI=1S/C9H10ClN5/c1-6(10)4-11-8-3-7(2)14-9-12-5-13-15(8)9/h3,5,11H,1,4H2,2H3. The van der Waals surface area contributed by atoms with E-state index in [4.69, 9.17) is 11.6 Å². The molecule has 0 amide bonds. The van der Waals surface area contributed by atoms with Crippen LogP contribution in [-0.4, -0.2) is 26.1 Å². The van der Waals surface area contributed by atoms with Crippen molar-refractivity contribution < 1.29 is 0 Å². The molecule has 6 heteroatoms. The van der Waals surface area contributed by atoms with E-state index in [0.717, 1.165) is 11.5 Å². The van der Waals surface area contributed by atoms with E-state index in [-0.39, 0.29) is 0 Å². The molecule has 0 aliphatic carbocycles. The third kappa shape index (κ3) is 2.07. The van der Waals surface area contributed by atoms with E-state index in [1.165, 1.54) is 6.33 Å². The summed E-state index contributed by atoms with van der Waals surface area (Å²) < 4.78 is 1.62. The molecule has 2 aromatic rings. The SMILES string of the molecule is C=C(Cl)CNc1cc(C)nc2ncnn12. The third-order valence-corrected chi connectivity index (χ3v) is 1.97. The van der Waals surface area contributed by atoms with Crippen LogP contribution in [0.2, 0.25) is 0 Å². The van der Waals surface area contributed by atoms with Crippen molar-refractivity contribution in [2.75, 3.05) is 11.9 Å². The minimum atomic E-state index is 0.486. The zero-order chi connectivity index (χ0) is 10.8. The quantitative estimate of drug-likeness (QED) is 0.859. The fourth-order valence-electron chi connectivity index (χ4n) is 1.24. The number of rotatable bonds is 3. The fraction of sp³-hybridized carbons (Fsp3) is 0.222. The van der Waals surface area contributed by atoms with Gasteiger partial charge < -0.3 is 5.32 Å². The molecular weight excluding hydrogens is 214 g/mol. The summed E-state index contributed by atoms with van der Waals surface area (Å²) in [6.45, 7) is 5.99. The number of hydrogen-bond acceptors (Lipinski definition) is 4. The Balaban J connectivity index is 2.39. The molecule has 15 heavy (non-hydrogen) atoms. The molecule has 0 atom stereocenters. The van der Waals surface area contributed by atoms with Crippen LogP contribution in [0.5, 0.6) is 0 Å². The van der Waals surface area contributed by atoms with Crippen molar-refractivity contribution >= 4 is 23.2 Å². The van der Waals surface area contributed by atoms with Gasteiger partial charge in [-0.25, -0.2) is 4.98 Å². The summed E-state index contributed by atoms with van der Waals surface area (Å²) in [6, 6.07) is 1.88. The Morgan fingerprint density at radius 2 is 2.47 bits per heavy atom. The first-order valence-corrected chi connectivity index (χ1v) is 4.79. The Kier molecular flexibility index (Phi) is 2.55. The molecular formula is C9H10ClN5. The lowest BCUT2D eigenvalue weighted by Gasteiger charge is -2.07. The monoisotopic (exact) mass is 223 g/mol. The molecule has 0 bridgehead atoms. The van der Waals surface area contributed by atoms with Crippen molar-refractivity contribution in [2.45, 2.75) is 6.92 Å². The van der Waals surface area contributed by atoms with Crippen LogP contribution >= 0.6 is 11.6 Å². The summed E-state index contributed by atoms with van der Waals surface area (Å²) in [4.78, 5) is 8.23. The summed E-state index contributed by atoms with van der Waals surface area (Å²) in [7, 11) is 0. The van der Waals surface area contributed by atoms with Gasteiger partial charge in [-0.3, -0.25) is 0 Å². The van der Waals surface area contributed by atoms with Gasteiger partial charge in [0.25, 0.3) is 5.78 Å². The highest BCUT2D eigenvalue weighted by Gasteiger charge is 2.04. The predicted molar refractivity (Wildman–Crippen MR) is 59.0 cm³/mol. The molecule has 0 saturated heterocycles. The first-order chi connectivity index (χ1) is 7.16. The molecule has 0 aliphatic heterocycles. The summed E-state index contributed by atoms with van der Waals surface area (Å²) in [5.74, 6) is 1.37. The second-order valence-electron chi connectivity index (χ2n) is 3.13. The maximum atomic E-state index is 5.67. The molecule has 2 aromatic heterocycles. The number of aromatic nitrogens is 4. The van der Waals surface area contributed by atoms with Crippen LogP contribution in [0.25, 0.3) is 5.78 Å². The Morgan fingerprint density at radius 1 is 1.67 bits per heavy atom. The number of nitrogens with zero attached hydrogens (tertiary/aromatic N) is 4. The van der Waals surface area contributed by atoms with Gasteiger partial charge in [0.15, 0.2) is 0 Å². The van der Waals surface area contributed by atoms with Crippen molar-refractivity contribution in [3.63, 3.8) is 0 Å². The summed E-state index contributed by atoms with van der Waals surface area (Å²) in [5, 5.41) is 7.69. The minimum Gasteiger partial charge on any atom is -0.365 e. The van der Waals surface area contributed by atoms with E-state index in [9.17, 15) is 0 Å². The Morgan fingerprint density at radius 3 is 3.20 bits per heavy atom. The highest BCUT2D eigenvalue weighted by Crippen LogP contribution is 2.10. The number of aryl methyl sites for hydroxylation is 1. The van der Waals surface area contributed by atoms with Crippen LogP contribution in [0.4, 0.5) is 5.82 Å². The molecule has 0 aromatic carbocycles. The summed E-state index contributed by atoms with van der Waals surface area (Å²) >= 11 is 5.67. The van der Waals surface area contributed by atoms with Crippen molar-refractivity contribution in [1.82, 2.24) is 19.6 Å². The molecule has 78 valence electrons. The number of hydrogen-bond donors (Lipinski definition) is 1. The zero-order valence-electron chi connectivity index (χ0n) is 8.24. The largest absolute Gasteiger partial charge is 0.365 e. The highest BCUT2D eigenvalue weighted by atomic mass is 35.5. The Hall–Kier alpha value is -1.62. The Bertz CT molecular complexity index is 504. The van der Waals surface area contributed by atoms with Gasteiger partial charge in [-0.05, 0) is 6.92 Å². The summed E-state index contributed by atoms with van der Waals surface area (Å²) in [6.07, 6.45) is 1.46. The van der Waals surface area contributed by atoms with Gasteiger partial charge in [0.2, 0.25) is 0 Å². The predicted octanol–water partition coefficient (Wildman–Crippen LogP) is 1.60. The normalized spacial score (nSPS) is 10.5. The molecule has 0 fully saturated rings. The lowest BCUT2D eigenvalue weighted by Crippen LogP contribution is -2.08. The van der Waals surface area contributed by atoms with E-state index in [0.29, 0.717) is 17.4 Å². The van der Waals surface area contributed by atoms with Gasteiger partial charge in [-0.15, -0.1) is 0 Å². The zero-order valence-corrected chi connectivity index (χ0v) is 8.99. The third-order valence-electron chi connectivity index (χ3n) is 1.84. The topological polar surface area (TPSA) is 55.1 Å². The van der Waals surface area contributed by atoms with Gasteiger partial charge in [0.1, 0.15) is 12.1 Å². The molecule has 0 spiro atoms. The molecule has 0 saturated carbocycles. The van der Waals surface area contributed by atoms with E-state index >= 15 is 0 Å². The van der Waals surface area contributed by atoms with Gasteiger partial charge in [-0.2, -0.15) is 14.6 Å². The molecule has 1 N–H and O–H groups in total. The van der Waals surface area contributed by atoms with Crippen LogP contribution < -0.4 is 5.32 Å². The molecule has 0 radical (unpaired) electrons. The number of fused-ring (bicyclic) bond motifs is 1. The molecule has 2 rings (SSSR count). The van der Waals surface area contributed by atoms with Crippen molar-refractivity contribution in [2.24, 2.45) is 0 Å². The molecule has 5 nitrogen and oxygen atoms in total. The van der Waals surface area contributed by atoms with Gasteiger partial charge in [-0.1, -0.05) is 18.2 Å². The van der Waals surface area contributed by atoms with Crippen molar-refractivity contribution in [1.29, 1.82) is 0 Å². The maximum absolute atomic E-state index is 5.67. The van der Waals surface area contributed by atoms with Crippen LogP contribution in [0, 0.1) is 6.92 Å². The van der Waals surface area contributed by atoms with Crippen molar-refractivity contribution in [3.8, 4) is 0 Å². The van der Waals surface area contributed by atoms with Gasteiger partial charge in [0, 0.05) is 16.8 Å². The second-order valence-corrected chi connectivity index (χ2v) is 3.66. The van der Waals surface area contributed by atoms with Crippen LogP contribution in [0.1, 0.15) is 5.69 Å². The van der Waals surface area contributed by atoms with E-state index in [2.05, 4.69) is 27.0 Å². The average molecular weight is 224 g/mol. The molecule has 0 aliphatic rings. The van der Waals surface area contributed by atoms with Crippen LogP contribution in [0.15, 0.2) is 24.0 Å². The number of anilines is 1. The lowest BCUT2D eigenvalue weighted by atomic mass is 10.4. The fourth-order valence-corrected chi connectivity index (χ4v) is 1.31. The molecule has 2 heterocycles. The maximum Gasteiger partial charge on any atom is 0.254 e. The van der Waals surface area contributed by atoms with E-state index in [1.54, 1.807) is 4.52 Å². The number of nitrogens with one attached hydrogen (secondary N) is 1. The smallest absolute Gasteiger partial charge is 0.254 e. The van der Waals surface area contributed by atoms with E-state index < -0.39 is 0 Å². The van der Waals surface area contributed by atoms with Gasteiger partial charge >= 0.3 is 0 Å². The average Bonchev–Trinajstić information content (AvgIpc) is 2.61. The van der Waals surface area contributed by atoms with Crippen molar-refractivity contribution in [3.05, 3.63) is 29.7 Å². The lowest BCUT2D eigenvalue weighted by molar-refractivity contribution is 0.927. The Labute approximate surface area is 91.8 Å². The second kappa shape index (κ2) is 3.86. The first-order valence-electron chi connectivity index (χ1n) is 4.41.